The summed E-state index contributed by atoms with van der Waals surface area (Å²) in [5.41, 5.74) is 5.28. The molecule has 1 atom stereocenters. The van der Waals surface area contributed by atoms with Crippen molar-refractivity contribution in [1.82, 2.24) is 4.90 Å². The number of amides is 2. The number of carbonyl (C=O) groups excluding carboxylic acids is 2. The summed E-state index contributed by atoms with van der Waals surface area (Å²) in [5, 5.41) is 0. The molecular formula is C10H16N2O3. The minimum absolute atomic E-state index is 0.188. The molecule has 15 heavy (non-hydrogen) atoms. The van der Waals surface area contributed by atoms with Crippen LogP contribution in [-0.2, 0) is 14.3 Å². The van der Waals surface area contributed by atoms with Gasteiger partial charge in [0.05, 0.1) is 19.3 Å². The predicted octanol–water partition coefficient (Wildman–Crippen LogP) is -0.335. The van der Waals surface area contributed by atoms with Crippen LogP contribution in [0.4, 0.5) is 0 Å². The number of ether oxygens (including phenoxy) is 1. The Bertz CT molecular complexity index is 258. The zero-order valence-electron chi connectivity index (χ0n) is 8.81. The summed E-state index contributed by atoms with van der Waals surface area (Å²) in [4.78, 5) is 23.9. The van der Waals surface area contributed by atoms with Crippen LogP contribution in [0.25, 0.3) is 0 Å². The van der Waals surface area contributed by atoms with Gasteiger partial charge in [0.2, 0.25) is 0 Å². The van der Waals surface area contributed by atoms with Crippen LogP contribution in [0, 0.1) is 0 Å². The zero-order valence-corrected chi connectivity index (χ0v) is 8.81. The Morgan fingerprint density at radius 2 is 2.00 bits per heavy atom. The first kappa shape index (κ1) is 11.9. The van der Waals surface area contributed by atoms with Gasteiger partial charge in [0.1, 0.15) is 0 Å². The Morgan fingerprint density at radius 1 is 1.40 bits per heavy atom. The van der Waals surface area contributed by atoms with Gasteiger partial charge < -0.3 is 10.5 Å². The molecule has 0 spiro atoms. The zero-order chi connectivity index (χ0) is 11.3. The van der Waals surface area contributed by atoms with E-state index < -0.39 is 0 Å². The van der Waals surface area contributed by atoms with Crippen LogP contribution in [0.1, 0.15) is 13.3 Å². The topological polar surface area (TPSA) is 72.6 Å². The molecule has 84 valence electrons. The highest BCUT2D eigenvalue weighted by molar-refractivity contribution is 6.13. The lowest BCUT2D eigenvalue weighted by molar-refractivity contribution is -0.141. The van der Waals surface area contributed by atoms with Gasteiger partial charge in [-0.15, -0.1) is 0 Å². The van der Waals surface area contributed by atoms with E-state index >= 15 is 0 Å². The molecule has 5 nitrogen and oxygen atoms in total. The number of hydrogen-bond donors (Lipinski definition) is 1. The third kappa shape index (κ3) is 2.87. The van der Waals surface area contributed by atoms with E-state index in [0.717, 1.165) is 0 Å². The minimum Gasteiger partial charge on any atom is -0.378 e. The number of carbonyl (C=O) groups is 2. The average molecular weight is 212 g/mol. The molecule has 0 saturated carbocycles. The van der Waals surface area contributed by atoms with Gasteiger partial charge in [0, 0.05) is 18.7 Å². The van der Waals surface area contributed by atoms with E-state index in [9.17, 15) is 9.59 Å². The Balaban J connectivity index is 2.51. The molecule has 5 heteroatoms. The normalized spacial score (nSPS) is 17.6. The summed E-state index contributed by atoms with van der Waals surface area (Å²) in [7, 11) is 0. The van der Waals surface area contributed by atoms with Gasteiger partial charge in [-0.3, -0.25) is 14.5 Å². The lowest BCUT2D eigenvalue weighted by Crippen LogP contribution is -2.42. The fraction of sp³-hybridized carbons (Fsp3) is 0.600. The summed E-state index contributed by atoms with van der Waals surface area (Å²) in [6.07, 6.45) is 3.26. The highest BCUT2D eigenvalue weighted by Crippen LogP contribution is 2.12. The molecule has 0 saturated heterocycles. The van der Waals surface area contributed by atoms with Gasteiger partial charge in [0.15, 0.2) is 0 Å². The van der Waals surface area contributed by atoms with Gasteiger partial charge >= 0.3 is 0 Å². The van der Waals surface area contributed by atoms with Crippen molar-refractivity contribution in [1.29, 1.82) is 0 Å². The van der Waals surface area contributed by atoms with Crippen LogP contribution in [0.2, 0.25) is 0 Å². The summed E-state index contributed by atoms with van der Waals surface area (Å²) >= 11 is 0. The first-order valence-corrected chi connectivity index (χ1v) is 5.03. The molecule has 1 rings (SSSR count). The second-order valence-electron chi connectivity index (χ2n) is 3.31. The monoisotopic (exact) mass is 212 g/mol. The fourth-order valence-electron chi connectivity index (χ4n) is 1.45. The van der Waals surface area contributed by atoms with Crippen molar-refractivity contribution < 1.29 is 14.3 Å². The third-order valence-electron chi connectivity index (χ3n) is 2.25. The smallest absolute Gasteiger partial charge is 0.253 e. The largest absolute Gasteiger partial charge is 0.378 e. The number of nitrogens with zero attached hydrogens (tertiary/aromatic N) is 1. The highest BCUT2D eigenvalue weighted by atomic mass is 16.5. The van der Waals surface area contributed by atoms with E-state index in [1.807, 2.05) is 6.92 Å². The maximum absolute atomic E-state index is 11.4. The molecule has 0 bridgehead atoms. The van der Waals surface area contributed by atoms with Crippen LogP contribution >= 0.6 is 0 Å². The highest BCUT2D eigenvalue weighted by Gasteiger charge is 2.29. The number of nitrogens with two attached hydrogens (primary N) is 1. The van der Waals surface area contributed by atoms with Crippen molar-refractivity contribution in [2.75, 3.05) is 19.8 Å². The molecule has 0 radical (unpaired) electrons. The molecule has 2 N–H and O–H groups in total. The van der Waals surface area contributed by atoms with Gasteiger partial charge in [-0.2, -0.15) is 0 Å². The Kier molecular flexibility index (Phi) is 4.45. The van der Waals surface area contributed by atoms with Crippen molar-refractivity contribution in [3.63, 3.8) is 0 Å². The molecule has 0 fully saturated rings. The van der Waals surface area contributed by atoms with Gasteiger partial charge in [-0.1, -0.05) is 6.92 Å². The number of imide groups is 1. The minimum atomic E-state index is -0.261. The lowest BCUT2D eigenvalue weighted by atomic mass is 10.2. The van der Waals surface area contributed by atoms with Crippen molar-refractivity contribution in [3.8, 4) is 0 Å². The number of rotatable bonds is 6. The van der Waals surface area contributed by atoms with Gasteiger partial charge in [0.25, 0.3) is 11.8 Å². The number of hydrogen-bond acceptors (Lipinski definition) is 4. The molecule has 0 aliphatic carbocycles. The van der Waals surface area contributed by atoms with Crippen LogP contribution in [0.15, 0.2) is 12.2 Å². The van der Waals surface area contributed by atoms with Gasteiger partial charge in [-0.05, 0) is 6.42 Å². The Labute approximate surface area is 88.9 Å². The molecule has 2 amide bonds. The van der Waals surface area contributed by atoms with E-state index in [2.05, 4.69) is 0 Å². The van der Waals surface area contributed by atoms with Gasteiger partial charge in [-0.25, -0.2) is 0 Å². The Hall–Kier alpha value is -1.20. The van der Waals surface area contributed by atoms with Crippen LogP contribution in [0.5, 0.6) is 0 Å². The average Bonchev–Trinajstić information content (AvgIpc) is 2.55. The quantitative estimate of drug-likeness (QED) is 0.483. The molecule has 1 aliphatic heterocycles. The SMILES string of the molecule is CCC(COCCN)N1C(=O)C=CC1=O. The molecule has 1 aliphatic rings. The van der Waals surface area contributed by atoms with Crippen LogP contribution < -0.4 is 5.73 Å². The molecule has 0 aromatic carbocycles. The van der Waals surface area contributed by atoms with Crippen molar-refractivity contribution in [2.24, 2.45) is 5.73 Å². The molecular weight excluding hydrogens is 196 g/mol. The summed E-state index contributed by atoms with van der Waals surface area (Å²) in [5.74, 6) is -0.522. The Morgan fingerprint density at radius 3 is 2.47 bits per heavy atom. The van der Waals surface area contributed by atoms with Crippen molar-refractivity contribution in [3.05, 3.63) is 12.2 Å². The third-order valence-corrected chi connectivity index (χ3v) is 2.25. The summed E-state index contributed by atoms with van der Waals surface area (Å²) < 4.78 is 5.25. The molecule has 1 unspecified atom stereocenters. The van der Waals surface area contributed by atoms with Crippen molar-refractivity contribution in [2.45, 2.75) is 19.4 Å². The lowest BCUT2D eigenvalue weighted by Gasteiger charge is -2.24. The van der Waals surface area contributed by atoms with E-state index in [4.69, 9.17) is 10.5 Å². The van der Waals surface area contributed by atoms with E-state index in [1.165, 1.54) is 17.1 Å². The summed E-state index contributed by atoms with van der Waals surface area (Å²) in [6, 6.07) is -0.188. The maximum atomic E-state index is 11.4. The second kappa shape index (κ2) is 5.63. The molecule has 1 heterocycles. The fourth-order valence-corrected chi connectivity index (χ4v) is 1.45. The van der Waals surface area contributed by atoms with Crippen LogP contribution in [-0.4, -0.2) is 42.5 Å². The molecule has 0 aromatic rings. The second-order valence-corrected chi connectivity index (χ2v) is 3.31. The first-order valence-electron chi connectivity index (χ1n) is 5.03. The summed E-state index contributed by atoms with van der Waals surface area (Å²) in [6.45, 7) is 3.15. The van der Waals surface area contributed by atoms with E-state index in [-0.39, 0.29) is 17.9 Å². The standard InChI is InChI=1S/C10H16N2O3/c1-2-8(7-15-6-5-11)12-9(13)3-4-10(12)14/h3-4,8H,2,5-7,11H2,1H3. The van der Waals surface area contributed by atoms with E-state index in [0.29, 0.717) is 26.2 Å². The van der Waals surface area contributed by atoms with Crippen LogP contribution in [0.3, 0.4) is 0 Å². The molecule has 0 aromatic heterocycles. The maximum Gasteiger partial charge on any atom is 0.253 e. The first-order chi connectivity index (χ1) is 7.20. The predicted molar refractivity (Wildman–Crippen MR) is 54.9 cm³/mol. The van der Waals surface area contributed by atoms with Crippen molar-refractivity contribution >= 4 is 11.8 Å². The van der Waals surface area contributed by atoms with E-state index in [1.54, 1.807) is 0 Å².